The Morgan fingerprint density at radius 2 is 1.59 bits per heavy atom. The fourth-order valence-electron chi connectivity index (χ4n) is 11.0. The molecule has 19 nitrogen and oxygen atoms in total. The molecule has 392 valence electrons. The average Bonchev–Trinajstić information content (AvgIpc) is 4.17. The number of likely N-dealkylation sites (tertiary alicyclic amines) is 2. The number of benzene rings is 1. The van der Waals surface area contributed by atoms with Gasteiger partial charge in [-0.2, -0.15) is 4.98 Å². The third kappa shape index (κ3) is 11.4. The predicted molar refractivity (Wildman–Crippen MR) is 283 cm³/mol. The number of carbonyl (C=O) groups is 5. The average molecular weight is 1030 g/mol. The first-order valence-corrected chi connectivity index (χ1v) is 26.8. The van der Waals surface area contributed by atoms with Crippen molar-refractivity contribution in [3.63, 3.8) is 0 Å². The van der Waals surface area contributed by atoms with Crippen molar-refractivity contribution in [3.05, 3.63) is 87.0 Å². The summed E-state index contributed by atoms with van der Waals surface area (Å²) >= 11 is 1.57. The summed E-state index contributed by atoms with van der Waals surface area (Å²) in [6.07, 6.45) is 7.65. The third-order valence-corrected chi connectivity index (χ3v) is 16.2. The van der Waals surface area contributed by atoms with Gasteiger partial charge in [-0.3, -0.25) is 38.2 Å². The van der Waals surface area contributed by atoms with E-state index in [4.69, 9.17) is 4.98 Å². The van der Waals surface area contributed by atoms with Crippen molar-refractivity contribution in [1.82, 2.24) is 49.8 Å². The zero-order valence-corrected chi connectivity index (χ0v) is 44.0. The molecule has 9 rings (SSSR count). The molecule has 20 heteroatoms. The van der Waals surface area contributed by atoms with Crippen molar-refractivity contribution in [1.29, 1.82) is 0 Å². The first kappa shape index (κ1) is 52.2. The van der Waals surface area contributed by atoms with Gasteiger partial charge in [-0.05, 0) is 93.8 Å². The first-order valence-electron chi connectivity index (χ1n) is 25.9. The molecule has 5 aromatic rings. The number of aryl methyl sites for hydroxylation is 2. The molecule has 4 fully saturated rings. The lowest BCUT2D eigenvalue weighted by molar-refractivity contribution is -0.144. The Labute approximate surface area is 435 Å². The largest absolute Gasteiger partial charge is 0.391 e. The molecule has 74 heavy (non-hydrogen) atoms. The van der Waals surface area contributed by atoms with E-state index >= 15 is 0 Å². The molecule has 7 heterocycles. The van der Waals surface area contributed by atoms with Crippen LogP contribution in [-0.4, -0.2) is 144 Å². The van der Waals surface area contributed by atoms with Crippen LogP contribution in [0.25, 0.3) is 21.5 Å². The van der Waals surface area contributed by atoms with Gasteiger partial charge in [0.1, 0.15) is 23.5 Å². The number of hydrogen-bond donors (Lipinski definition) is 4. The lowest BCUT2D eigenvalue weighted by Crippen LogP contribution is -2.59. The summed E-state index contributed by atoms with van der Waals surface area (Å²) in [4.78, 5) is 108. The van der Waals surface area contributed by atoms with Crippen molar-refractivity contribution in [2.75, 3.05) is 62.6 Å². The molecule has 0 spiro atoms. The van der Waals surface area contributed by atoms with E-state index in [2.05, 4.69) is 35.8 Å². The van der Waals surface area contributed by atoms with Gasteiger partial charge in [0.2, 0.25) is 29.6 Å². The highest BCUT2D eigenvalue weighted by Gasteiger charge is 2.45. The van der Waals surface area contributed by atoms with Crippen LogP contribution >= 0.6 is 11.3 Å². The predicted octanol–water partition coefficient (Wildman–Crippen LogP) is 5.16. The molecule has 0 radical (unpaired) electrons. The van der Waals surface area contributed by atoms with E-state index in [-0.39, 0.29) is 72.6 Å². The zero-order valence-electron chi connectivity index (χ0n) is 43.2. The number of thiazole rings is 1. The van der Waals surface area contributed by atoms with Gasteiger partial charge in [-0.25, -0.2) is 15.0 Å². The molecule has 4 N–H and O–H groups in total. The van der Waals surface area contributed by atoms with E-state index in [0.29, 0.717) is 80.5 Å². The summed E-state index contributed by atoms with van der Waals surface area (Å²) < 4.78 is 1.69. The normalized spacial score (nSPS) is 19.5. The number of piperazine rings is 1. The van der Waals surface area contributed by atoms with Gasteiger partial charge in [0, 0.05) is 69.2 Å². The van der Waals surface area contributed by atoms with Crippen molar-refractivity contribution in [2.24, 2.45) is 11.3 Å². The summed E-state index contributed by atoms with van der Waals surface area (Å²) in [6, 6.07) is 9.87. The molecule has 4 aliphatic rings. The number of fused-ring (bicyclic) bond motifs is 1. The lowest BCUT2D eigenvalue weighted by atomic mass is 9.85. The minimum absolute atomic E-state index is 0.00953. The summed E-state index contributed by atoms with van der Waals surface area (Å²) in [6.45, 7) is 14.6. The van der Waals surface area contributed by atoms with E-state index in [0.717, 1.165) is 53.1 Å². The van der Waals surface area contributed by atoms with Crippen molar-refractivity contribution in [2.45, 2.75) is 117 Å². The molecule has 4 amide bonds. The minimum atomic E-state index is -0.940. The molecule has 3 atom stereocenters. The van der Waals surface area contributed by atoms with Crippen molar-refractivity contribution < 1.29 is 29.1 Å². The summed E-state index contributed by atoms with van der Waals surface area (Å²) in [5, 5.41) is 20.5. The van der Waals surface area contributed by atoms with Crippen molar-refractivity contribution >= 4 is 69.2 Å². The molecule has 3 saturated heterocycles. The van der Waals surface area contributed by atoms with Gasteiger partial charge in [-0.1, -0.05) is 57.9 Å². The number of Topliss-reactive ketones (excluding diaryl/α,β-unsaturated/α-hetero) is 1. The van der Waals surface area contributed by atoms with E-state index < -0.39 is 29.5 Å². The molecule has 3 aliphatic heterocycles. The van der Waals surface area contributed by atoms with Gasteiger partial charge >= 0.3 is 0 Å². The highest BCUT2D eigenvalue weighted by Crippen LogP contribution is 2.33. The fourth-order valence-corrected chi connectivity index (χ4v) is 11.9. The number of pyridine rings is 2. The second kappa shape index (κ2) is 22.1. The number of carbonyl (C=O) groups excluding carboxylic acids is 5. The molecule has 0 bridgehead atoms. The third-order valence-electron chi connectivity index (χ3n) is 15.2. The first-order chi connectivity index (χ1) is 35.4. The SMILES string of the molecule is CC(=O)c1c(C)c2cnc(Nc3ccc(N4CCN(C(=O)C5CCN(CC(=O)N[C@H](C(=O)N6C[C@H](O)C[C@H]6C(=O)NCc6ccc(-c7scnc7C)cc6)C(C)(C)C)CC5)CC4)cn3)nc2n(C2CCCC2)c1=O. The monoisotopic (exact) mass is 1030 g/mol. The summed E-state index contributed by atoms with van der Waals surface area (Å²) in [7, 11) is 0. The van der Waals surface area contributed by atoms with Gasteiger partial charge in [0.15, 0.2) is 5.78 Å². The van der Waals surface area contributed by atoms with Gasteiger partial charge in [-0.15, -0.1) is 11.3 Å². The van der Waals surface area contributed by atoms with E-state index in [9.17, 15) is 33.9 Å². The number of amides is 4. The number of aromatic nitrogens is 5. The molecule has 4 aromatic heterocycles. The number of β-amino-alcohol motifs (C(OH)–C–C–N with tert-alkyl or cyclic N) is 1. The van der Waals surface area contributed by atoms with Crippen LogP contribution in [0.1, 0.15) is 106 Å². The Kier molecular flexibility index (Phi) is 15.6. The molecule has 1 aromatic carbocycles. The van der Waals surface area contributed by atoms with E-state index in [1.165, 1.54) is 11.8 Å². The number of hydrogen-bond acceptors (Lipinski definition) is 15. The van der Waals surface area contributed by atoms with E-state index in [1.807, 2.05) is 79.4 Å². The second-order valence-electron chi connectivity index (χ2n) is 21.4. The Balaban J connectivity index is 0.731. The topological polar surface area (TPSA) is 228 Å². The number of aliphatic hydroxyl groups excluding tert-OH is 1. The highest BCUT2D eigenvalue weighted by molar-refractivity contribution is 7.13. The van der Waals surface area contributed by atoms with Crippen LogP contribution in [0.4, 0.5) is 17.5 Å². The van der Waals surface area contributed by atoms with Crippen LogP contribution in [0, 0.1) is 25.2 Å². The lowest BCUT2D eigenvalue weighted by Gasteiger charge is -2.39. The van der Waals surface area contributed by atoms with Crippen LogP contribution in [0.5, 0.6) is 0 Å². The smallest absolute Gasteiger partial charge is 0.263 e. The Morgan fingerprint density at radius 1 is 0.878 bits per heavy atom. The number of anilines is 3. The van der Waals surface area contributed by atoms with Crippen LogP contribution in [0.2, 0.25) is 0 Å². The van der Waals surface area contributed by atoms with Crippen molar-refractivity contribution in [3.8, 4) is 10.4 Å². The quantitative estimate of drug-likeness (QED) is 0.106. The number of piperidine rings is 1. The number of rotatable bonds is 14. The maximum Gasteiger partial charge on any atom is 0.263 e. The summed E-state index contributed by atoms with van der Waals surface area (Å²) in [5.74, 6) is -0.548. The zero-order chi connectivity index (χ0) is 52.4. The Morgan fingerprint density at radius 3 is 2.23 bits per heavy atom. The Hall–Kier alpha value is -6.64. The molecule has 1 saturated carbocycles. The van der Waals surface area contributed by atoms with Crippen LogP contribution < -0.4 is 26.4 Å². The summed E-state index contributed by atoms with van der Waals surface area (Å²) in [5.41, 5.74) is 5.94. The van der Waals surface area contributed by atoms with Gasteiger partial charge in [0.25, 0.3) is 5.56 Å². The fraction of sp³-hybridized carbons (Fsp3) is 0.519. The van der Waals surface area contributed by atoms with Crippen LogP contribution in [0.15, 0.2) is 59.1 Å². The van der Waals surface area contributed by atoms with Crippen LogP contribution in [0.3, 0.4) is 0 Å². The highest BCUT2D eigenvalue weighted by atomic mass is 32.1. The molecule has 0 unspecified atom stereocenters. The number of nitrogens with one attached hydrogen (secondary N) is 3. The minimum Gasteiger partial charge on any atom is -0.391 e. The maximum atomic E-state index is 14.2. The standard InChI is InChI=1S/C54H68N12O7S/c1-32-41-28-57-53(61-48(41)66(38-9-7-8-10-38)51(72)45(32)34(3)67)59-43-16-15-39(27-55-43)63-21-23-64(24-22-63)50(71)37-17-19-62(20-18-37)30-44(69)60-47(54(4,5)6)52(73)65-29-40(68)25-42(65)49(70)56-26-35-11-13-36(14-12-35)46-33(2)58-31-74-46/h11-16,27-28,31,37-38,40,42,47,68H,7-10,17-26,29-30H2,1-6H3,(H,56,70)(H,60,69)(H,55,57,59,61)/t40-,42+,47-/m1/s1. The number of ketones is 1. The molecule has 1 aliphatic carbocycles. The number of aliphatic hydroxyl groups is 1. The maximum absolute atomic E-state index is 14.2. The van der Waals surface area contributed by atoms with Gasteiger partial charge in [0.05, 0.1) is 46.2 Å². The van der Waals surface area contributed by atoms with E-state index in [1.54, 1.807) is 35.2 Å². The number of nitrogens with zero attached hydrogens (tertiary/aromatic N) is 9. The molecular weight excluding hydrogens is 961 g/mol. The second-order valence-corrected chi connectivity index (χ2v) is 22.3. The van der Waals surface area contributed by atoms with Crippen LogP contribution in [-0.2, 0) is 25.7 Å². The Bertz CT molecular complexity index is 2950. The van der Waals surface area contributed by atoms with Gasteiger partial charge < -0.3 is 35.8 Å². The molecular formula is C54H68N12O7S.